The van der Waals surface area contributed by atoms with E-state index in [0.717, 1.165) is 31.5 Å². The molecule has 1 aliphatic heterocycles. The Kier molecular flexibility index (Phi) is 5.11. The molecule has 3 rings (SSSR count). The first kappa shape index (κ1) is 16.5. The molecular weight excluding hydrogens is 326 g/mol. The van der Waals surface area contributed by atoms with E-state index in [-0.39, 0.29) is 17.5 Å². The van der Waals surface area contributed by atoms with E-state index in [1.807, 2.05) is 18.2 Å². The van der Waals surface area contributed by atoms with Crippen molar-refractivity contribution >= 4 is 23.4 Å². The van der Waals surface area contributed by atoms with Crippen molar-refractivity contribution in [3.63, 3.8) is 0 Å². The van der Waals surface area contributed by atoms with Crippen LogP contribution in [-0.4, -0.2) is 34.8 Å². The molecule has 6 heteroatoms. The smallest absolute Gasteiger partial charge is 0.270 e. The van der Waals surface area contributed by atoms with Crippen LogP contribution in [0, 0.1) is 0 Å². The summed E-state index contributed by atoms with van der Waals surface area (Å²) in [7, 11) is 0. The van der Waals surface area contributed by atoms with Gasteiger partial charge in [0, 0.05) is 36.4 Å². The molecule has 1 N–H and O–H groups in total. The minimum atomic E-state index is -0.328. The van der Waals surface area contributed by atoms with Crippen LogP contribution in [0.25, 0.3) is 0 Å². The molecular formula is C18H18ClN3O2. The van der Waals surface area contributed by atoms with E-state index in [9.17, 15) is 9.59 Å². The lowest BCUT2D eigenvalue weighted by Crippen LogP contribution is -2.28. The van der Waals surface area contributed by atoms with Gasteiger partial charge in [-0.05, 0) is 36.6 Å². The van der Waals surface area contributed by atoms with Crippen molar-refractivity contribution in [3.8, 4) is 0 Å². The first-order chi connectivity index (χ1) is 11.6. The molecule has 1 aromatic carbocycles. The van der Waals surface area contributed by atoms with Gasteiger partial charge in [0.1, 0.15) is 5.69 Å². The molecule has 0 radical (unpaired) electrons. The van der Waals surface area contributed by atoms with E-state index in [2.05, 4.69) is 10.3 Å². The lowest BCUT2D eigenvalue weighted by molar-refractivity contribution is 0.0792. The van der Waals surface area contributed by atoms with E-state index in [1.54, 1.807) is 23.1 Å². The zero-order chi connectivity index (χ0) is 16.9. The van der Waals surface area contributed by atoms with Gasteiger partial charge in [-0.25, -0.2) is 0 Å². The van der Waals surface area contributed by atoms with Crippen molar-refractivity contribution in [2.75, 3.05) is 13.1 Å². The van der Waals surface area contributed by atoms with E-state index in [0.29, 0.717) is 17.1 Å². The topological polar surface area (TPSA) is 62.3 Å². The van der Waals surface area contributed by atoms with Crippen LogP contribution in [0.5, 0.6) is 0 Å². The Morgan fingerprint density at radius 2 is 1.92 bits per heavy atom. The summed E-state index contributed by atoms with van der Waals surface area (Å²) in [5.74, 6) is -0.374. The van der Waals surface area contributed by atoms with Gasteiger partial charge in [0.25, 0.3) is 11.8 Å². The highest BCUT2D eigenvalue weighted by molar-refractivity contribution is 6.31. The van der Waals surface area contributed by atoms with Crippen LogP contribution in [0.3, 0.4) is 0 Å². The number of hydrogen-bond donors (Lipinski definition) is 1. The number of nitrogens with one attached hydrogen (secondary N) is 1. The fourth-order valence-corrected chi connectivity index (χ4v) is 2.90. The van der Waals surface area contributed by atoms with Crippen LogP contribution in [0.1, 0.15) is 39.3 Å². The van der Waals surface area contributed by atoms with Gasteiger partial charge in [0.05, 0.1) is 0 Å². The summed E-state index contributed by atoms with van der Waals surface area (Å²) < 4.78 is 0. The molecule has 124 valence electrons. The number of likely N-dealkylation sites (tertiary alicyclic amines) is 1. The van der Waals surface area contributed by atoms with Gasteiger partial charge in [-0.15, -0.1) is 0 Å². The summed E-state index contributed by atoms with van der Waals surface area (Å²) in [4.78, 5) is 30.6. The van der Waals surface area contributed by atoms with E-state index >= 15 is 0 Å². The van der Waals surface area contributed by atoms with Gasteiger partial charge < -0.3 is 10.2 Å². The van der Waals surface area contributed by atoms with E-state index in [1.165, 1.54) is 6.20 Å². The van der Waals surface area contributed by atoms with Crippen LogP contribution >= 0.6 is 11.6 Å². The van der Waals surface area contributed by atoms with Gasteiger partial charge in [-0.2, -0.15) is 0 Å². The molecule has 0 saturated carbocycles. The minimum Gasteiger partial charge on any atom is -0.347 e. The number of nitrogens with zero attached hydrogens (tertiary/aromatic N) is 2. The van der Waals surface area contributed by atoms with Gasteiger partial charge in [-0.1, -0.05) is 29.8 Å². The average Bonchev–Trinajstić information content (AvgIpc) is 3.15. The molecule has 0 atom stereocenters. The van der Waals surface area contributed by atoms with Crippen LogP contribution in [0.2, 0.25) is 5.02 Å². The van der Waals surface area contributed by atoms with Gasteiger partial charge in [0.2, 0.25) is 0 Å². The highest BCUT2D eigenvalue weighted by Gasteiger charge is 2.20. The molecule has 2 amide bonds. The fraction of sp³-hybridized carbons (Fsp3) is 0.278. The van der Waals surface area contributed by atoms with Crippen LogP contribution in [0.15, 0.2) is 42.6 Å². The number of hydrogen-bond acceptors (Lipinski definition) is 3. The quantitative estimate of drug-likeness (QED) is 0.928. The third-order valence-corrected chi connectivity index (χ3v) is 4.40. The fourth-order valence-electron chi connectivity index (χ4n) is 2.70. The normalized spacial score (nSPS) is 13.8. The second-order valence-electron chi connectivity index (χ2n) is 5.70. The lowest BCUT2D eigenvalue weighted by Gasteiger charge is -2.15. The van der Waals surface area contributed by atoms with Crippen LogP contribution in [-0.2, 0) is 6.54 Å². The maximum Gasteiger partial charge on any atom is 0.270 e. The number of aromatic nitrogens is 1. The summed E-state index contributed by atoms with van der Waals surface area (Å²) >= 11 is 6.08. The Bertz CT molecular complexity index is 757. The zero-order valence-corrected chi connectivity index (χ0v) is 13.9. The molecule has 5 nitrogen and oxygen atoms in total. The number of rotatable bonds is 4. The predicted molar refractivity (Wildman–Crippen MR) is 92.0 cm³/mol. The van der Waals surface area contributed by atoms with Crippen LogP contribution < -0.4 is 5.32 Å². The Hall–Kier alpha value is -2.40. The summed E-state index contributed by atoms with van der Waals surface area (Å²) in [6, 6.07) is 10.5. The average molecular weight is 344 g/mol. The lowest BCUT2D eigenvalue weighted by atomic mass is 10.2. The zero-order valence-electron chi connectivity index (χ0n) is 13.2. The van der Waals surface area contributed by atoms with Crippen molar-refractivity contribution in [2.45, 2.75) is 19.4 Å². The van der Waals surface area contributed by atoms with Crippen molar-refractivity contribution in [3.05, 3.63) is 64.4 Å². The highest BCUT2D eigenvalue weighted by Crippen LogP contribution is 2.15. The Balaban J connectivity index is 1.68. The third-order valence-electron chi connectivity index (χ3n) is 4.03. The summed E-state index contributed by atoms with van der Waals surface area (Å²) in [5, 5.41) is 3.38. The first-order valence-electron chi connectivity index (χ1n) is 7.92. The van der Waals surface area contributed by atoms with E-state index < -0.39 is 0 Å². The Morgan fingerprint density at radius 3 is 2.67 bits per heavy atom. The summed E-state index contributed by atoms with van der Waals surface area (Å²) in [6.45, 7) is 1.86. The third kappa shape index (κ3) is 3.74. The van der Waals surface area contributed by atoms with Crippen LogP contribution in [0.4, 0.5) is 0 Å². The molecule has 1 aromatic heterocycles. The maximum absolute atomic E-state index is 12.4. The van der Waals surface area contributed by atoms with Crippen molar-refractivity contribution in [1.82, 2.24) is 15.2 Å². The number of halogens is 1. The standard InChI is InChI=1S/C18H18ClN3O2/c19-15-6-2-1-5-14(15)12-21-17(23)16-11-13(7-8-20-16)18(24)22-9-3-4-10-22/h1-2,5-8,11H,3-4,9-10,12H2,(H,21,23). The molecule has 0 unspecified atom stereocenters. The van der Waals surface area contributed by atoms with Crippen molar-refractivity contribution in [2.24, 2.45) is 0 Å². The second kappa shape index (κ2) is 7.45. The highest BCUT2D eigenvalue weighted by atomic mass is 35.5. The molecule has 2 aromatic rings. The molecule has 0 aliphatic carbocycles. The number of amides is 2. The van der Waals surface area contributed by atoms with Gasteiger partial charge >= 0.3 is 0 Å². The minimum absolute atomic E-state index is 0.0462. The Morgan fingerprint density at radius 1 is 1.17 bits per heavy atom. The molecule has 1 fully saturated rings. The monoisotopic (exact) mass is 343 g/mol. The number of benzene rings is 1. The molecule has 0 bridgehead atoms. The molecule has 2 heterocycles. The van der Waals surface area contributed by atoms with Crippen molar-refractivity contribution in [1.29, 1.82) is 0 Å². The molecule has 1 saturated heterocycles. The van der Waals surface area contributed by atoms with E-state index in [4.69, 9.17) is 11.6 Å². The van der Waals surface area contributed by atoms with Gasteiger partial charge in [0.15, 0.2) is 0 Å². The largest absolute Gasteiger partial charge is 0.347 e. The number of carbonyl (C=O) groups excluding carboxylic acids is 2. The number of carbonyl (C=O) groups is 2. The summed E-state index contributed by atoms with van der Waals surface area (Å²) in [5.41, 5.74) is 1.55. The SMILES string of the molecule is O=C(NCc1ccccc1Cl)c1cc(C(=O)N2CCCC2)ccn1. The molecule has 0 spiro atoms. The molecule has 24 heavy (non-hydrogen) atoms. The van der Waals surface area contributed by atoms with Gasteiger partial charge in [-0.3, -0.25) is 14.6 Å². The van der Waals surface area contributed by atoms with Crippen molar-refractivity contribution < 1.29 is 9.59 Å². The maximum atomic E-state index is 12.4. The molecule has 1 aliphatic rings. The first-order valence-corrected chi connectivity index (χ1v) is 8.30. The number of pyridine rings is 1. The summed E-state index contributed by atoms with van der Waals surface area (Å²) in [6.07, 6.45) is 3.55. The second-order valence-corrected chi connectivity index (χ2v) is 6.11. The Labute approximate surface area is 145 Å². The predicted octanol–water partition coefficient (Wildman–Crippen LogP) is 2.90.